The van der Waals surface area contributed by atoms with Crippen molar-refractivity contribution in [3.63, 3.8) is 0 Å². The topological polar surface area (TPSA) is 81.1 Å². The molecule has 22 heavy (non-hydrogen) atoms. The second-order valence-electron chi connectivity index (χ2n) is 5.87. The molecule has 1 fully saturated rings. The third-order valence-corrected chi connectivity index (χ3v) is 5.75. The van der Waals surface area contributed by atoms with Gasteiger partial charge < -0.3 is 9.88 Å². The Morgan fingerprint density at radius 1 is 1.32 bits per heavy atom. The fraction of sp³-hybridized carbons (Fsp3) is 0.333. The molecule has 2 heterocycles. The number of nitrogens with one attached hydrogen (secondary N) is 1. The van der Waals surface area contributed by atoms with Crippen LogP contribution in [0, 0.1) is 0 Å². The van der Waals surface area contributed by atoms with Crippen molar-refractivity contribution in [3.05, 3.63) is 48.5 Å². The molecule has 1 amide bonds. The summed E-state index contributed by atoms with van der Waals surface area (Å²) in [5.74, 6) is -0.126. The maximum Gasteiger partial charge on any atom is 0.251 e. The van der Waals surface area contributed by atoms with Gasteiger partial charge >= 0.3 is 0 Å². The van der Waals surface area contributed by atoms with Gasteiger partial charge in [-0.3, -0.25) is 4.79 Å². The molecule has 116 valence electrons. The monoisotopic (exact) mass is 319 g/mol. The van der Waals surface area contributed by atoms with Gasteiger partial charge in [-0.2, -0.15) is 0 Å². The maximum absolute atomic E-state index is 12.3. The first-order valence-corrected chi connectivity index (χ1v) is 8.80. The van der Waals surface area contributed by atoms with Crippen molar-refractivity contribution in [3.8, 4) is 5.69 Å². The molecule has 0 aliphatic carbocycles. The van der Waals surface area contributed by atoms with Gasteiger partial charge in [0.15, 0.2) is 9.84 Å². The quantitative estimate of drug-likeness (QED) is 0.921. The van der Waals surface area contributed by atoms with Gasteiger partial charge in [0, 0.05) is 23.6 Å². The number of aromatic nitrogens is 2. The molecular formula is C15H17N3O3S. The Kier molecular flexibility index (Phi) is 3.52. The molecule has 1 N–H and O–H groups in total. The lowest BCUT2D eigenvalue weighted by molar-refractivity contribution is 0.0915. The SMILES string of the molecule is CC1(NC(=O)c2ccc(-n3ccnc3)cc2)CCS(=O)(=O)C1. The average Bonchev–Trinajstić information content (AvgIpc) is 3.07. The van der Waals surface area contributed by atoms with Crippen LogP contribution in [-0.2, 0) is 9.84 Å². The molecule has 0 spiro atoms. The first-order chi connectivity index (χ1) is 10.4. The van der Waals surface area contributed by atoms with E-state index in [0.29, 0.717) is 12.0 Å². The van der Waals surface area contributed by atoms with Crippen molar-refractivity contribution < 1.29 is 13.2 Å². The highest BCUT2D eigenvalue weighted by Crippen LogP contribution is 2.23. The van der Waals surface area contributed by atoms with E-state index in [1.54, 1.807) is 31.6 Å². The molecule has 1 saturated heterocycles. The molecule has 0 radical (unpaired) electrons. The zero-order valence-corrected chi connectivity index (χ0v) is 13.0. The minimum atomic E-state index is -3.04. The molecule has 1 aliphatic rings. The summed E-state index contributed by atoms with van der Waals surface area (Å²) < 4.78 is 25.0. The third-order valence-electron chi connectivity index (χ3n) is 3.85. The summed E-state index contributed by atoms with van der Waals surface area (Å²) in [5, 5.41) is 2.84. The third kappa shape index (κ3) is 3.04. The van der Waals surface area contributed by atoms with Gasteiger partial charge in [0.25, 0.3) is 5.91 Å². The smallest absolute Gasteiger partial charge is 0.251 e. The van der Waals surface area contributed by atoms with E-state index in [1.165, 1.54) is 0 Å². The van der Waals surface area contributed by atoms with Gasteiger partial charge in [-0.15, -0.1) is 0 Å². The van der Waals surface area contributed by atoms with Gasteiger partial charge in [-0.25, -0.2) is 13.4 Å². The Balaban J connectivity index is 1.73. The van der Waals surface area contributed by atoms with Crippen molar-refractivity contribution in [2.45, 2.75) is 18.9 Å². The number of hydrogen-bond acceptors (Lipinski definition) is 4. The Morgan fingerprint density at radius 3 is 2.59 bits per heavy atom. The van der Waals surface area contributed by atoms with Crippen molar-refractivity contribution >= 4 is 15.7 Å². The lowest BCUT2D eigenvalue weighted by Gasteiger charge is -2.23. The molecule has 3 rings (SSSR count). The summed E-state index contributed by atoms with van der Waals surface area (Å²) in [6.45, 7) is 1.77. The average molecular weight is 319 g/mol. The number of carbonyl (C=O) groups is 1. The summed E-state index contributed by atoms with van der Waals surface area (Å²) in [4.78, 5) is 16.3. The van der Waals surface area contributed by atoms with Gasteiger partial charge in [0.2, 0.25) is 0 Å². The van der Waals surface area contributed by atoms with E-state index in [1.807, 2.05) is 22.9 Å². The minimum Gasteiger partial charge on any atom is -0.346 e. The molecule has 6 nitrogen and oxygen atoms in total. The van der Waals surface area contributed by atoms with E-state index in [4.69, 9.17) is 0 Å². The Bertz CT molecular complexity index is 782. The number of amides is 1. The summed E-state index contributed by atoms with van der Waals surface area (Å²) in [7, 11) is -3.04. The van der Waals surface area contributed by atoms with E-state index in [-0.39, 0.29) is 17.4 Å². The van der Waals surface area contributed by atoms with Gasteiger partial charge in [0.05, 0.1) is 23.4 Å². The second kappa shape index (κ2) is 5.24. The van der Waals surface area contributed by atoms with Crippen LogP contribution in [0.5, 0.6) is 0 Å². The van der Waals surface area contributed by atoms with E-state index < -0.39 is 15.4 Å². The highest BCUT2D eigenvalue weighted by atomic mass is 32.2. The molecule has 1 aliphatic heterocycles. The lowest BCUT2D eigenvalue weighted by Crippen LogP contribution is -2.46. The van der Waals surface area contributed by atoms with Crippen LogP contribution in [0.4, 0.5) is 0 Å². The maximum atomic E-state index is 12.3. The molecule has 1 aromatic heterocycles. The number of hydrogen-bond donors (Lipinski definition) is 1. The van der Waals surface area contributed by atoms with Crippen molar-refractivity contribution in [1.29, 1.82) is 0 Å². The number of sulfone groups is 1. The van der Waals surface area contributed by atoms with Crippen molar-refractivity contribution in [2.24, 2.45) is 0 Å². The van der Waals surface area contributed by atoms with Crippen molar-refractivity contribution in [1.82, 2.24) is 14.9 Å². The highest BCUT2D eigenvalue weighted by Gasteiger charge is 2.39. The number of rotatable bonds is 3. The van der Waals surface area contributed by atoms with Crippen LogP contribution in [0.2, 0.25) is 0 Å². The first kappa shape index (κ1) is 14.8. The molecule has 2 aromatic rings. The van der Waals surface area contributed by atoms with Gasteiger partial charge in [0.1, 0.15) is 0 Å². The fourth-order valence-corrected chi connectivity index (χ4v) is 4.75. The van der Waals surface area contributed by atoms with Gasteiger partial charge in [-0.05, 0) is 37.6 Å². The molecule has 7 heteroatoms. The Labute approximate surface area is 129 Å². The number of carbonyl (C=O) groups excluding carboxylic acids is 1. The van der Waals surface area contributed by atoms with E-state index in [2.05, 4.69) is 10.3 Å². The van der Waals surface area contributed by atoms with Crippen LogP contribution >= 0.6 is 0 Å². The molecule has 0 bridgehead atoms. The second-order valence-corrected chi connectivity index (χ2v) is 8.06. The van der Waals surface area contributed by atoms with Crippen molar-refractivity contribution in [2.75, 3.05) is 11.5 Å². The minimum absolute atomic E-state index is 0.00113. The van der Waals surface area contributed by atoms with Crippen LogP contribution in [0.15, 0.2) is 43.0 Å². The van der Waals surface area contributed by atoms with E-state index >= 15 is 0 Å². The molecule has 1 aromatic carbocycles. The van der Waals surface area contributed by atoms with Crippen LogP contribution in [0.25, 0.3) is 5.69 Å². The summed E-state index contributed by atoms with van der Waals surface area (Å²) >= 11 is 0. The van der Waals surface area contributed by atoms with Crippen LogP contribution in [0.1, 0.15) is 23.7 Å². The predicted molar refractivity (Wildman–Crippen MR) is 82.7 cm³/mol. The number of benzene rings is 1. The highest BCUT2D eigenvalue weighted by molar-refractivity contribution is 7.91. The van der Waals surface area contributed by atoms with Crippen LogP contribution in [-0.4, -0.2) is 40.9 Å². The predicted octanol–water partition coefficient (Wildman–Crippen LogP) is 1.18. The Morgan fingerprint density at radius 2 is 2.05 bits per heavy atom. The molecule has 1 atom stereocenters. The standard InChI is InChI=1S/C15H17N3O3S/c1-15(6-9-22(20,21)10-15)17-14(19)12-2-4-13(5-3-12)18-8-7-16-11-18/h2-5,7-8,11H,6,9-10H2,1H3,(H,17,19). The summed E-state index contributed by atoms with van der Waals surface area (Å²) in [5.41, 5.74) is 0.733. The number of imidazole rings is 1. The fourth-order valence-electron chi connectivity index (χ4n) is 2.65. The van der Waals surface area contributed by atoms with E-state index in [9.17, 15) is 13.2 Å². The number of nitrogens with zero attached hydrogens (tertiary/aromatic N) is 2. The summed E-state index contributed by atoms with van der Waals surface area (Å²) in [6, 6.07) is 7.09. The summed E-state index contributed by atoms with van der Waals surface area (Å²) in [6.07, 6.45) is 5.63. The van der Waals surface area contributed by atoms with E-state index in [0.717, 1.165) is 5.69 Å². The van der Waals surface area contributed by atoms with Gasteiger partial charge in [-0.1, -0.05) is 0 Å². The molecular weight excluding hydrogens is 302 g/mol. The zero-order chi connectivity index (χ0) is 15.8. The van der Waals surface area contributed by atoms with Crippen LogP contribution < -0.4 is 5.32 Å². The molecule has 0 saturated carbocycles. The normalized spacial score (nSPS) is 23.3. The largest absolute Gasteiger partial charge is 0.346 e. The Hall–Kier alpha value is -2.15. The van der Waals surface area contributed by atoms with Crippen LogP contribution in [0.3, 0.4) is 0 Å². The zero-order valence-electron chi connectivity index (χ0n) is 12.2. The molecule has 1 unspecified atom stereocenters. The first-order valence-electron chi connectivity index (χ1n) is 6.98. The lowest BCUT2D eigenvalue weighted by atomic mass is 10.0.